The Hall–Kier alpha value is -2.04. The van der Waals surface area contributed by atoms with Crippen molar-refractivity contribution < 1.29 is 14.7 Å². The summed E-state index contributed by atoms with van der Waals surface area (Å²) in [6, 6.07) is 6.49. The molecular weight excluding hydrogens is 232 g/mol. The van der Waals surface area contributed by atoms with E-state index in [1.54, 1.807) is 0 Å². The quantitative estimate of drug-likeness (QED) is 0.767. The van der Waals surface area contributed by atoms with Gasteiger partial charge in [-0.05, 0) is 24.1 Å². The molecule has 0 saturated carbocycles. The van der Waals surface area contributed by atoms with Gasteiger partial charge in [0.1, 0.15) is 0 Å². The maximum atomic E-state index is 10.9. The van der Waals surface area contributed by atoms with Crippen molar-refractivity contribution in [3.8, 4) is 0 Å². The minimum absolute atomic E-state index is 0.212. The zero-order chi connectivity index (χ0) is 13.7. The van der Waals surface area contributed by atoms with Gasteiger partial charge >= 0.3 is 0 Å². The number of carbonyl (C=O) groups excluding carboxylic acids is 2. The summed E-state index contributed by atoms with van der Waals surface area (Å²) in [7, 11) is 3.81. The van der Waals surface area contributed by atoms with Crippen LogP contribution in [0.2, 0.25) is 0 Å². The molecular formula is C13H17N2O3-. The van der Waals surface area contributed by atoms with E-state index < -0.39 is 12.0 Å². The third-order valence-electron chi connectivity index (χ3n) is 2.53. The van der Waals surface area contributed by atoms with Gasteiger partial charge < -0.3 is 20.1 Å². The number of anilines is 1. The molecule has 18 heavy (non-hydrogen) atoms. The first-order valence-corrected chi connectivity index (χ1v) is 5.64. The Morgan fingerprint density at radius 2 is 2.06 bits per heavy atom. The maximum absolute atomic E-state index is 10.9. The van der Waals surface area contributed by atoms with Crippen molar-refractivity contribution in [3.63, 3.8) is 0 Å². The Bertz CT molecular complexity index is 444. The summed E-state index contributed by atoms with van der Waals surface area (Å²) >= 11 is 0. The van der Waals surface area contributed by atoms with E-state index >= 15 is 0 Å². The molecule has 5 heteroatoms. The van der Waals surface area contributed by atoms with Crippen molar-refractivity contribution >= 4 is 17.6 Å². The van der Waals surface area contributed by atoms with Gasteiger partial charge in [-0.25, -0.2) is 0 Å². The topological polar surface area (TPSA) is 72.5 Å². The molecule has 1 unspecified atom stereocenters. The van der Waals surface area contributed by atoms with E-state index in [0.29, 0.717) is 0 Å². The van der Waals surface area contributed by atoms with E-state index in [0.717, 1.165) is 11.3 Å². The van der Waals surface area contributed by atoms with Gasteiger partial charge in [0.25, 0.3) is 0 Å². The number of carboxylic acids is 1. The number of nitrogens with one attached hydrogen (secondary N) is 1. The number of hydrogen-bond acceptors (Lipinski definition) is 4. The SMILES string of the molecule is CC(=O)NC(Cc1cccc(N(C)C)c1)C(=O)[O-]. The lowest BCUT2D eigenvalue weighted by molar-refractivity contribution is -0.308. The highest BCUT2D eigenvalue weighted by Gasteiger charge is 2.12. The lowest BCUT2D eigenvalue weighted by Gasteiger charge is -2.20. The van der Waals surface area contributed by atoms with Crippen LogP contribution in [0.1, 0.15) is 12.5 Å². The molecule has 1 aromatic carbocycles. The highest BCUT2D eigenvalue weighted by molar-refractivity contribution is 5.81. The minimum atomic E-state index is -1.28. The zero-order valence-electron chi connectivity index (χ0n) is 10.8. The van der Waals surface area contributed by atoms with Crippen LogP contribution >= 0.6 is 0 Å². The molecule has 1 amide bonds. The summed E-state index contributed by atoms with van der Waals surface area (Å²) in [5, 5.41) is 13.3. The van der Waals surface area contributed by atoms with Crippen LogP contribution in [0.15, 0.2) is 24.3 Å². The highest BCUT2D eigenvalue weighted by atomic mass is 16.4. The molecule has 1 N–H and O–H groups in total. The number of rotatable bonds is 5. The van der Waals surface area contributed by atoms with Crippen LogP contribution in [0, 0.1) is 0 Å². The molecule has 5 nitrogen and oxygen atoms in total. The Kier molecular flexibility index (Phi) is 4.71. The van der Waals surface area contributed by atoms with Crippen molar-refractivity contribution in [2.75, 3.05) is 19.0 Å². The van der Waals surface area contributed by atoms with Crippen LogP contribution < -0.4 is 15.3 Å². The van der Waals surface area contributed by atoms with Crippen LogP contribution in [-0.4, -0.2) is 32.0 Å². The number of benzene rings is 1. The smallest absolute Gasteiger partial charge is 0.217 e. The second-order valence-corrected chi connectivity index (χ2v) is 4.34. The molecule has 0 aliphatic rings. The summed E-state index contributed by atoms with van der Waals surface area (Å²) < 4.78 is 0. The number of aliphatic carboxylic acids is 1. The average molecular weight is 249 g/mol. The Morgan fingerprint density at radius 1 is 1.39 bits per heavy atom. The van der Waals surface area contributed by atoms with Crippen LogP contribution in [0.5, 0.6) is 0 Å². The molecule has 0 radical (unpaired) electrons. The Morgan fingerprint density at radius 3 is 2.56 bits per heavy atom. The van der Waals surface area contributed by atoms with Gasteiger partial charge in [0.05, 0.1) is 12.0 Å². The van der Waals surface area contributed by atoms with Gasteiger partial charge in [-0.1, -0.05) is 12.1 Å². The van der Waals surface area contributed by atoms with E-state index in [9.17, 15) is 14.7 Å². The largest absolute Gasteiger partial charge is 0.548 e. The van der Waals surface area contributed by atoms with Crippen molar-refractivity contribution in [3.05, 3.63) is 29.8 Å². The number of nitrogens with zero attached hydrogens (tertiary/aromatic N) is 1. The summed E-state index contributed by atoms with van der Waals surface area (Å²) in [5.74, 6) is -1.66. The molecule has 0 spiro atoms. The lowest BCUT2D eigenvalue weighted by atomic mass is 10.1. The fraction of sp³-hybridized carbons (Fsp3) is 0.385. The first-order valence-electron chi connectivity index (χ1n) is 5.64. The molecule has 0 bridgehead atoms. The van der Waals surface area contributed by atoms with Crippen molar-refractivity contribution in [1.82, 2.24) is 5.32 Å². The van der Waals surface area contributed by atoms with E-state index in [1.807, 2.05) is 43.3 Å². The minimum Gasteiger partial charge on any atom is -0.548 e. The van der Waals surface area contributed by atoms with Gasteiger partial charge in [-0.15, -0.1) is 0 Å². The molecule has 0 aliphatic heterocycles. The number of carbonyl (C=O) groups is 2. The number of carboxylic acid groups (broad SMARTS) is 1. The second-order valence-electron chi connectivity index (χ2n) is 4.34. The van der Waals surface area contributed by atoms with Gasteiger partial charge in [-0.3, -0.25) is 4.79 Å². The first kappa shape index (κ1) is 14.0. The zero-order valence-corrected chi connectivity index (χ0v) is 10.8. The molecule has 0 heterocycles. The van der Waals surface area contributed by atoms with Crippen molar-refractivity contribution in [2.24, 2.45) is 0 Å². The van der Waals surface area contributed by atoms with Crippen LogP contribution in [0.25, 0.3) is 0 Å². The third kappa shape index (κ3) is 4.08. The van der Waals surface area contributed by atoms with Crippen LogP contribution in [0.4, 0.5) is 5.69 Å². The molecule has 1 aromatic rings. The molecule has 0 aliphatic carbocycles. The van der Waals surface area contributed by atoms with Gasteiger partial charge in [0.2, 0.25) is 5.91 Å². The molecule has 1 atom stereocenters. The van der Waals surface area contributed by atoms with Crippen LogP contribution in [0.3, 0.4) is 0 Å². The number of hydrogen-bond donors (Lipinski definition) is 1. The van der Waals surface area contributed by atoms with Crippen LogP contribution in [-0.2, 0) is 16.0 Å². The normalized spacial score (nSPS) is 11.7. The van der Waals surface area contributed by atoms with E-state index in [2.05, 4.69) is 5.32 Å². The van der Waals surface area contributed by atoms with E-state index in [-0.39, 0.29) is 12.3 Å². The summed E-state index contributed by atoms with van der Waals surface area (Å²) in [4.78, 5) is 23.8. The Labute approximate surface area is 106 Å². The van der Waals surface area contributed by atoms with Gasteiger partial charge in [0.15, 0.2) is 0 Å². The summed E-state index contributed by atoms with van der Waals surface area (Å²) in [6.07, 6.45) is 0.212. The van der Waals surface area contributed by atoms with E-state index in [4.69, 9.17) is 0 Å². The predicted molar refractivity (Wildman–Crippen MR) is 67.1 cm³/mol. The molecule has 0 fully saturated rings. The standard InChI is InChI=1S/C13H18N2O3/c1-9(16)14-12(13(17)18)8-10-5-4-6-11(7-10)15(2)3/h4-7,12H,8H2,1-3H3,(H,14,16)(H,17,18)/p-1. The predicted octanol–water partition coefficient (Wildman–Crippen LogP) is -0.450. The lowest BCUT2D eigenvalue weighted by Crippen LogP contribution is -2.48. The monoisotopic (exact) mass is 249 g/mol. The fourth-order valence-electron chi connectivity index (χ4n) is 1.64. The second kappa shape index (κ2) is 6.05. The van der Waals surface area contributed by atoms with Gasteiger partial charge in [0, 0.05) is 26.7 Å². The first-order chi connectivity index (χ1) is 8.40. The highest BCUT2D eigenvalue weighted by Crippen LogP contribution is 2.14. The molecule has 98 valence electrons. The van der Waals surface area contributed by atoms with Crippen molar-refractivity contribution in [1.29, 1.82) is 0 Å². The summed E-state index contributed by atoms with van der Waals surface area (Å²) in [5.41, 5.74) is 1.82. The number of amides is 1. The maximum Gasteiger partial charge on any atom is 0.217 e. The summed E-state index contributed by atoms with van der Waals surface area (Å²) in [6.45, 7) is 1.28. The third-order valence-corrected chi connectivity index (χ3v) is 2.53. The van der Waals surface area contributed by atoms with Gasteiger partial charge in [-0.2, -0.15) is 0 Å². The Balaban J connectivity index is 2.83. The van der Waals surface area contributed by atoms with E-state index in [1.165, 1.54) is 6.92 Å². The fourth-order valence-corrected chi connectivity index (χ4v) is 1.64. The molecule has 1 rings (SSSR count). The molecule has 0 aromatic heterocycles. The average Bonchev–Trinajstić information content (AvgIpc) is 2.27. The van der Waals surface area contributed by atoms with Crippen molar-refractivity contribution in [2.45, 2.75) is 19.4 Å². The molecule has 0 saturated heterocycles.